The summed E-state index contributed by atoms with van der Waals surface area (Å²) < 4.78 is 18.6. The van der Waals surface area contributed by atoms with Crippen LogP contribution < -0.4 is 11.5 Å². The maximum atomic E-state index is 6.27. The molecule has 0 aromatic carbocycles. The van der Waals surface area contributed by atoms with Crippen molar-refractivity contribution >= 4 is 0 Å². The maximum absolute atomic E-state index is 6.27. The predicted octanol–water partition coefficient (Wildman–Crippen LogP) is 4.90. The van der Waals surface area contributed by atoms with Crippen LogP contribution in [0.1, 0.15) is 93.9 Å². The number of hydrogen-bond acceptors (Lipinski definition) is 5. The normalized spacial score (nSPS) is 17.2. The summed E-state index contributed by atoms with van der Waals surface area (Å²) in [7, 11) is 0. The van der Waals surface area contributed by atoms with E-state index in [0.717, 1.165) is 45.1 Å². The van der Waals surface area contributed by atoms with Gasteiger partial charge in [-0.25, -0.2) is 0 Å². The number of rotatable bonds is 17. The second-order valence-electron chi connectivity index (χ2n) is 10.7. The van der Waals surface area contributed by atoms with E-state index in [2.05, 4.69) is 55.4 Å². The van der Waals surface area contributed by atoms with Crippen LogP contribution >= 0.6 is 0 Å². The molecule has 0 radical (unpaired) electrons. The van der Waals surface area contributed by atoms with Gasteiger partial charge >= 0.3 is 0 Å². The molecular formula is C24H52N2O3. The summed E-state index contributed by atoms with van der Waals surface area (Å²) in [6, 6.07) is 0.154. The van der Waals surface area contributed by atoms with Crippen molar-refractivity contribution in [3.05, 3.63) is 0 Å². The van der Waals surface area contributed by atoms with Gasteiger partial charge in [0.1, 0.15) is 0 Å². The summed E-state index contributed by atoms with van der Waals surface area (Å²) in [5.41, 5.74) is 11.9. The van der Waals surface area contributed by atoms with Gasteiger partial charge < -0.3 is 25.7 Å². The Morgan fingerprint density at radius 2 is 1.31 bits per heavy atom. The van der Waals surface area contributed by atoms with E-state index in [1.807, 2.05) is 0 Å². The molecule has 0 rings (SSSR count). The van der Waals surface area contributed by atoms with Crippen LogP contribution in [0.4, 0.5) is 0 Å². The van der Waals surface area contributed by atoms with Crippen molar-refractivity contribution in [2.45, 2.75) is 112 Å². The monoisotopic (exact) mass is 416 g/mol. The van der Waals surface area contributed by atoms with E-state index in [0.29, 0.717) is 26.4 Å². The van der Waals surface area contributed by atoms with Gasteiger partial charge in [-0.3, -0.25) is 0 Å². The van der Waals surface area contributed by atoms with E-state index in [1.165, 1.54) is 0 Å². The molecule has 4 N–H and O–H groups in total. The average molecular weight is 417 g/mol. The molecule has 0 aliphatic heterocycles. The molecule has 0 spiro atoms. The third kappa shape index (κ3) is 14.4. The fourth-order valence-corrected chi connectivity index (χ4v) is 3.92. The zero-order valence-electron chi connectivity index (χ0n) is 20.8. The smallest absolute Gasteiger partial charge is 0.0634 e. The Morgan fingerprint density at radius 1 is 0.759 bits per heavy atom. The van der Waals surface area contributed by atoms with Gasteiger partial charge in [0.2, 0.25) is 0 Å². The van der Waals surface area contributed by atoms with Gasteiger partial charge in [0.25, 0.3) is 0 Å². The Kier molecular flexibility index (Phi) is 13.9. The first kappa shape index (κ1) is 28.8. The topological polar surface area (TPSA) is 79.7 Å². The molecule has 0 bridgehead atoms. The molecule has 3 unspecified atom stereocenters. The van der Waals surface area contributed by atoms with Crippen LogP contribution in [0, 0.1) is 10.8 Å². The van der Waals surface area contributed by atoms with Crippen molar-refractivity contribution in [2.24, 2.45) is 22.3 Å². The first-order valence-corrected chi connectivity index (χ1v) is 11.7. The van der Waals surface area contributed by atoms with Crippen LogP contribution in [-0.2, 0) is 14.2 Å². The molecule has 5 nitrogen and oxygen atoms in total. The summed E-state index contributed by atoms with van der Waals surface area (Å²) in [4.78, 5) is 0. The number of hydrogen-bond donors (Lipinski definition) is 2. The first-order chi connectivity index (χ1) is 13.4. The molecule has 176 valence electrons. The van der Waals surface area contributed by atoms with Gasteiger partial charge in [0, 0.05) is 24.1 Å². The highest BCUT2D eigenvalue weighted by molar-refractivity contribution is 4.90. The standard InChI is InChI=1S/C24H52N2O3/c1-9-12-13-27-18-24(16-22(4,5)6,19-28-14-20(25)10-2)17-23(7,8)29-15-21(26)11-3/h20-21H,9-19,25-26H2,1-8H3. The molecule has 29 heavy (non-hydrogen) atoms. The molecule has 0 aromatic rings. The fourth-order valence-electron chi connectivity index (χ4n) is 3.92. The molecule has 0 aromatic heterocycles. The fraction of sp³-hybridized carbons (Fsp3) is 1.00. The predicted molar refractivity (Wildman–Crippen MR) is 124 cm³/mol. The second kappa shape index (κ2) is 14.0. The van der Waals surface area contributed by atoms with E-state index >= 15 is 0 Å². The molecule has 0 saturated carbocycles. The SMILES string of the molecule is CCCCOCC(COCC(N)CC)(CC(C)(C)C)CC(C)(C)OCC(N)CC. The summed E-state index contributed by atoms with van der Waals surface area (Å²) in [6.07, 6.45) is 5.92. The van der Waals surface area contributed by atoms with Gasteiger partial charge in [-0.05, 0) is 51.4 Å². The summed E-state index contributed by atoms with van der Waals surface area (Å²) in [6.45, 7) is 20.8. The second-order valence-corrected chi connectivity index (χ2v) is 10.7. The number of nitrogens with two attached hydrogens (primary N) is 2. The highest BCUT2D eigenvalue weighted by Crippen LogP contribution is 2.41. The lowest BCUT2D eigenvalue weighted by molar-refractivity contribution is -0.110. The molecule has 3 atom stereocenters. The molecular weight excluding hydrogens is 364 g/mol. The molecule has 0 aliphatic carbocycles. The minimum absolute atomic E-state index is 0.0749. The van der Waals surface area contributed by atoms with Gasteiger partial charge in [-0.15, -0.1) is 0 Å². The average Bonchev–Trinajstić information content (AvgIpc) is 2.61. The summed E-state index contributed by atoms with van der Waals surface area (Å²) in [5, 5.41) is 0. The zero-order valence-corrected chi connectivity index (χ0v) is 20.8. The Morgan fingerprint density at radius 3 is 1.83 bits per heavy atom. The summed E-state index contributed by atoms with van der Waals surface area (Å²) >= 11 is 0. The molecule has 5 heteroatoms. The van der Waals surface area contributed by atoms with Crippen LogP contribution in [0.3, 0.4) is 0 Å². The van der Waals surface area contributed by atoms with Crippen LogP contribution in [0.15, 0.2) is 0 Å². The van der Waals surface area contributed by atoms with E-state index in [4.69, 9.17) is 25.7 Å². The number of ether oxygens (including phenoxy) is 3. The highest BCUT2D eigenvalue weighted by Gasteiger charge is 2.41. The Balaban J connectivity index is 5.41. The zero-order chi connectivity index (χ0) is 22.6. The van der Waals surface area contributed by atoms with Crippen molar-refractivity contribution in [1.29, 1.82) is 0 Å². The molecule has 0 amide bonds. The van der Waals surface area contributed by atoms with Gasteiger partial charge in [-0.1, -0.05) is 48.0 Å². The maximum Gasteiger partial charge on any atom is 0.0634 e. The molecule has 0 saturated heterocycles. The van der Waals surface area contributed by atoms with Crippen LogP contribution in [0.25, 0.3) is 0 Å². The Bertz CT molecular complexity index is 409. The first-order valence-electron chi connectivity index (χ1n) is 11.7. The molecule has 0 aliphatic rings. The highest BCUT2D eigenvalue weighted by atomic mass is 16.5. The lowest BCUT2D eigenvalue weighted by atomic mass is 9.69. The van der Waals surface area contributed by atoms with Crippen molar-refractivity contribution in [3.8, 4) is 0 Å². The quantitative estimate of drug-likeness (QED) is 0.330. The third-order valence-corrected chi connectivity index (χ3v) is 5.23. The van der Waals surface area contributed by atoms with Gasteiger partial charge in [0.05, 0.1) is 32.0 Å². The van der Waals surface area contributed by atoms with Crippen LogP contribution in [0.5, 0.6) is 0 Å². The molecule has 0 fully saturated rings. The van der Waals surface area contributed by atoms with E-state index in [9.17, 15) is 0 Å². The van der Waals surface area contributed by atoms with Gasteiger partial charge in [-0.2, -0.15) is 0 Å². The van der Waals surface area contributed by atoms with Crippen molar-refractivity contribution in [1.82, 2.24) is 0 Å². The van der Waals surface area contributed by atoms with Crippen molar-refractivity contribution in [3.63, 3.8) is 0 Å². The van der Waals surface area contributed by atoms with Crippen LogP contribution in [-0.4, -0.2) is 50.7 Å². The Labute approximate surface area is 181 Å². The van der Waals surface area contributed by atoms with Crippen molar-refractivity contribution < 1.29 is 14.2 Å². The lowest BCUT2D eigenvalue weighted by Gasteiger charge is -2.43. The lowest BCUT2D eigenvalue weighted by Crippen LogP contribution is -2.45. The third-order valence-electron chi connectivity index (χ3n) is 5.23. The molecule has 0 heterocycles. The summed E-state index contributed by atoms with van der Waals surface area (Å²) in [5.74, 6) is 0. The minimum atomic E-state index is -0.303. The minimum Gasteiger partial charge on any atom is -0.381 e. The van der Waals surface area contributed by atoms with E-state index in [1.54, 1.807) is 0 Å². The largest absolute Gasteiger partial charge is 0.381 e. The number of unbranched alkanes of at least 4 members (excludes halogenated alkanes) is 1. The van der Waals surface area contributed by atoms with Crippen LogP contribution in [0.2, 0.25) is 0 Å². The van der Waals surface area contributed by atoms with E-state index in [-0.39, 0.29) is 28.5 Å². The van der Waals surface area contributed by atoms with E-state index < -0.39 is 0 Å². The van der Waals surface area contributed by atoms with Crippen molar-refractivity contribution in [2.75, 3.05) is 33.0 Å². The Hall–Kier alpha value is -0.200. The van der Waals surface area contributed by atoms with Gasteiger partial charge in [0.15, 0.2) is 0 Å².